The highest BCUT2D eigenvalue weighted by Gasteiger charge is 2.46. The third-order valence-corrected chi connectivity index (χ3v) is 13.7. The van der Waals surface area contributed by atoms with Gasteiger partial charge in [-0.05, 0) is 62.4 Å². The molecule has 0 spiro atoms. The Balaban J connectivity index is 1.28. The first-order valence-electron chi connectivity index (χ1n) is 22.5. The molecule has 3 aromatic heterocycles. The van der Waals surface area contributed by atoms with E-state index in [-0.39, 0.29) is 56.4 Å². The fourth-order valence-corrected chi connectivity index (χ4v) is 10.2. The van der Waals surface area contributed by atoms with Crippen molar-refractivity contribution >= 4 is 52.0 Å². The number of rotatable bonds is 8. The lowest BCUT2D eigenvalue weighted by molar-refractivity contribution is -0.189. The van der Waals surface area contributed by atoms with Gasteiger partial charge in [0.15, 0.2) is 0 Å². The molecule has 65 heavy (non-hydrogen) atoms. The van der Waals surface area contributed by atoms with Gasteiger partial charge < -0.3 is 39.2 Å². The van der Waals surface area contributed by atoms with Crippen LogP contribution in [0.5, 0.6) is 0 Å². The Morgan fingerprint density at radius 2 is 1.82 bits per heavy atom. The average molecular weight is 914 g/mol. The van der Waals surface area contributed by atoms with E-state index in [0.717, 1.165) is 39.0 Å². The summed E-state index contributed by atoms with van der Waals surface area (Å²) < 4.78 is 14.0. The molecule has 3 aliphatic rings. The number of aliphatic hydroxyl groups is 1. The van der Waals surface area contributed by atoms with Crippen molar-refractivity contribution in [2.24, 2.45) is 11.3 Å². The number of hydrogen-bond acceptors (Lipinski definition) is 12. The highest BCUT2D eigenvalue weighted by atomic mass is 32.1. The molecule has 2 fully saturated rings. The van der Waals surface area contributed by atoms with E-state index in [4.69, 9.17) is 19.4 Å². The number of likely N-dealkylation sites (N-methyl/N-ethyl adjacent to an activating group) is 1. The van der Waals surface area contributed by atoms with Crippen molar-refractivity contribution in [2.45, 2.75) is 105 Å². The zero-order valence-electron chi connectivity index (χ0n) is 39.0. The Labute approximate surface area is 384 Å². The number of urea groups is 1. The Bertz CT molecular complexity index is 2440. The van der Waals surface area contributed by atoms with Gasteiger partial charge in [-0.1, -0.05) is 33.8 Å². The highest BCUT2D eigenvalue weighted by Crippen LogP contribution is 2.42. The molecule has 7 rings (SSSR count). The minimum Gasteiger partial charge on any atom is -0.462 e. The van der Waals surface area contributed by atoms with Crippen LogP contribution in [0.3, 0.4) is 0 Å². The SMILES string of the molecule is CCn1c(-c2cccnc2[C@H](C)OC)c2c3cc(ccc31)-c1csc(n1)C[C@H](NC(=O)[C@H](C(C)C)N(C)C(=O)N1CCN(C(C)=O)CC1)C(=O)N1CCC[C@@](O)(N1)C(=O)OCC(C)(C)C2. The van der Waals surface area contributed by atoms with Crippen LogP contribution in [-0.4, -0.2) is 140 Å². The Morgan fingerprint density at radius 3 is 2.49 bits per heavy atom. The lowest BCUT2D eigenvalue weighted by Crippen LogP contribution is -2.67. The summed E-state index contributed by atoms with van der Waals surface area (Å²) in [7, 11) is 3.23. The van der Waals surface area contributed by atoms with Crippen LogP contribution in [0.1, 0.15) is 83.7 Å². The van der Waals surface area contributed by atoms with Crippen LogP contribution in [0.2, 0.25) is 0 Å². The fourth-order valence-electron chi connectivity index (χ4n) is 9.34. The lowest BCUT2D eigenvalue weighted by Gasteiger charge is -2.41. The van der Waals surface area contributed by atoms with E-state index in [1.807, 2.05) is 52.1 Å². The molecule has 4 aromatic rings. The number of fused-ring (bicyclic) bond motifs is 6. The zero-order chi connectivity index (χ0) is 47.0. The van der Waals surface area contributed by atoms with Crippen LogP contribution < -0.4 is 10.7 Å². The van der Waals surface area contributed by atoms with E-state index in [9.17, 15) is 29.1 Å². The molecular weight excluding hydrogens is 851 g/mol. The number of methoxy groups -OCH3 is 1. The molecule has 17 nitrogen and oxygen atoms in total. The van der Waals surface area contributed by atoms with Gasteiger partial charge in [-0.2, -0.15) is 5.43 Å². The number of thiazole rings is 1. The number of aryl methyl sites for hydroxylation is 1. The summed E-state index contributed by atoms with van der Waals surface area (Å²) >= 11 is 1.36. The van der Waals surface area contributed by atoms with Crippen LogP contribution in [-0.2, 0) is 48.0 Å². The second kappa shape index (κ2) is 19.2. The van der Waals surface area contributed by atoms with E-state index < -0.39 is 41.0 Å². The van der Waals surface area contributed by atoms with E-state index in [1.54, 1.807) is 30.2 Å². The number of pyridine rings is 1. The number of hydrazine groups is 1. The van der Waals surface area contributed by atoms with Crippen molar-refractivity contribution < 1.29 is 38.6 Å². The topological polar surface area (TPSA) is 192 Å². The smallest absolute Gasteiger partial charge is 0.355 e. The number of carbonyl (C=O) groups excluding carboxylic acids is 5. The first-order valence-corrected chi connectivity index (χ1v) is 23.4. The molecular formula is C47H63N9O8S. The summed E-state index contributed by atoms with van der Waals surface area (Å²) in [5.74, 6) is -2.46. The number of nitrogens with one attached hydrogen (secondary N) is 2. The summed E-state index contributed by atoms with van der Waals surface area (Å²) in [6.07, 6.45) is 2.22. The van der Waals surface area contributed by atoms with Crippen LogP contribution in [0.15, 0.2) is 41.9 Å². The standard InChI is InChI=1S/C47H63N9O8S/c1-10-55-37-15-14-31-23-33(37)34(41(55)32-13-11-17-48-39(32)29(4)63-9)25-46(6,7)27-64-44(60)47(62)16-12-18-56(51-47)43(59)35(24-38-49-36(31)26-65-38)50-42(58)40(28(2)3)52(8)45(61)54-21-19-53(20-22-54)30(5)57/h11,13-15,17,23,26,28-29,35,40,51,62H,10,12,16,18-22,24-25,27H2,1-9H3,(H,50,58)/t29-,35-,40-,47-/m0/s1. The number of cyclic esters (lactones) is 1. The van der Waals surface area contributed by atoms with E-state index in [1.165, 1.54) is 28.2 Å². The van der Waals surface area contributed by atoms with Crippen LogP contribution >= 0.6 is 11.3 Å². The number of aromatic nitrogens is 3. The Morgan fingerprint density at radius 1 is 1.09 bits per heavy atom. The lowest BCUT2D eigenvalue weighted by atomic mass is 9.84. The normalized spacial score (nSPS) is 21.5. The van der Waals surface area contributed by atoms with Gasteiger partial charge in [-0.15, -0.1) is 11.3 Å². The number of carbonyl (C=O) groups is 5. The predicted molar refractivity (Wildman–Crippen MR) is 246 cm³/mol. The maximum absolute atomic E-state index is 14.6. The fraction of sp³-hybridized carbons (Fsp3) is 0.553. The molecule has 3 N–H and O–H groups in total. The van der Waals surface area contributed by atoms with Gasteiger partial charge in [0.1, 0.15) is 12.1 Å². The molecule has 6 heterocycles. The molecule has 3 aliphatic heterocycles. The molecule has 350 valence electrons. The molecule has 0 aliphatic carbocycles. The maximum atomic E-state index is 14.6. The van der Waals surface area contributed by atoms with Crippen molar-refractivity contribution in [1.82, 2.24) is 45.0 Å². The molecule has 4 atom stereocenters. The van der Waals surface area contributed by atoms with Crippen molar-refractivity contribution in [3.8, 4) is 22.5 Å². The molecule has 0 saturated carbocycles. The van der Waals surface area contributed by atoms with Gasteiger partial charge in [0.25, 0.3) is 5.91 Å². The predicted octanol–water partition coefficient (Wildman–Crippen LogP) is 4.76. The quantitative estimate of drug-likeness (QED) is 0.207. The second-order valence-electron chi connectivity index (χ2n) is 18.6. The van der Waals surface area contributed by atoms with Gasteiger partial charge in [0, 0.05) is 112 Å². The monoisotopic (exact) mass is 913 g/mol. The number of piperazine rings is 1. The van der Waals surface area contributed by atoms with Gasteiger partial charge >= 0.3 is 12.0 Å². The van der Waals surface area contributed by atoms with E-state index in [0.29, 0.717) is 49.8 Å². The summed E-state index contributed by atoms with van der Waals surface area (Å²) in [5, 5.41) is 19.5. The maximum Gasteiger partial charge on any atom is 0.355 e. The number of esters is 1. The summed E-state index contributed by atoms with van der Waals surface area (Å²) in [6, 6.07) is 7.72. The summed E-state index contributed by atoms with van der Waals surface area (Å²) in [5.41, 5.74) is 6.24. The minimum atomic E-state index is -2.23. The largest absolute Gasteiger partial charge is 0.462 e. The first-order chi connectivity index (χ1) is 30.9. The average Bonchev–Trinajstić information content (AvgIpc) is 3.88. The van der Waals surface area contributed by atoms with Gasteiger partial charge in [-0.25, -0.2) is 14.6 Å². The number of nitrogens with zero attached hydrogens (tertiary/aromatic N) is 7. The zero-order valence-corrected chi connectivity index (χ0v) is 39.8. The number of hydrogen-bond donors (Lipinski definition) is 3. The minimum absolute atomic E-state index is 0.00864. The molecule has 0 radical (unpaired) electrons. The van der Waals surface area contributed by atoms with E-state index in [2.05, 4.69) is 40.4 Å². The van der Waals surface area contributed by atoms with Crippen molar-refractivity contribution in [1.29, 1.82) is 0 Å². The third-order valence-electron chi connectivity index (χ3n) is 12.9. The number of benzene rings is 1. The second-order valence-corrected chi connectivity index (χ2v) is 19.5. The Hall–Kier alpha value is -5.43. The summed E-state index contributed by atoms with van der Waals surface area (Å²) in [6.45, 7) is 15.5. The third kappa shape index (κ3) is 9.76. The van der Waals surface area contributed by atoms with Gasteiger partial charge in [0.2, 0.25) is 17.5 Å². The first kappa shape index (κ1) is 47.5. The molecule has 1 aromatic carbocycles. The van der Waals surface area contributed by atoms with Crippen molar-refractivity contribution in [2.75, 3.05) is 53.5 Å². The highest BCUT2D eigenvalue weighted by molar-refractivity contribution is 7.10. The number of amides is 5. The molecule has 5 amide bonds. The Kier molecular flexibility index (Phi) is 14.0. The van der Waals surface area contributed by atoms with Crippen molar-refractivity contribution in [3.05, 3.63) is 58.2 Å². The van der Waals surface area contributed by atoms with Crippen molar-refractivity contribution in [3.63, 3.8) is 0 Å². The van der Waals surface area contributed by atoms with Gasteiger partial charge in [0.05, 0.1) is 34.8 Å². The van der Waals surface area contributed by atoms with E-state index >= 15 is 0 Å². The van der Waals surface area contributed by atoms with Crippen LogP contribution in [0.4, 0.5) is 4.79 Å². The molecule has 0 unspecified atom stereocenters. The van der Waals surface area contributed by atoms with Gasteiger partial charge in [-0.3, -0.25) is 24.4 Å². The van der Waals surface area contributed by atoms with Crippen LogP contribution in [0.25, 0.3) is 33.4 Å². The number of ether oxygens (including phenoxy) is 2. The molecule has 18 heteroatoms. The molecule has 2 saturated heterocycles. The van der Waals surface area contributed by atoms with Crippen LogP contribution in [0, 0.1) is 11.3 Å². The molecule has 6 bridgehead atoms. The summed E-state index contributed by atoms with van der Waals surface area (Å²) in [4.78, 5) is 83.2.